The molecule has 140 valence electrons. The minimum absolute atomic E-state index is 0.113. The van der Waals surface area contributed by atoms with E-state index in [4.69, 9.17) is 5.73 Å². The van der Waals surface area contributed by atoms with Crippen molar-refractivity contribution in [3.63, 3.8) is 0 Å². The predicted molar refractivity (Wildman–Crippen MR) is 110 cm³/mol. The molecule has 27 heavy (non-hydrogen) atoms. The van der Waals surface area contributed by atoms with Crippen LogP contribution < -0.4 is 11.1 Å². The molecule has 1 aliphatic heterocycles. The smallest absolute Gasteiger partial charge is 0.242 e. The van der Waals surface area contributed by atoms with E-state index in [-0.39, 0.29) is 12.5 Å². The molecule has 0 aliphatic carbocycles. The molecule has 3 N–H and O–H groups in total. The lowest BCUT2D eigenvalue weighted by Gasteiger charge is -2.22. The summed E-state index contributed by atoms with van der Waals surface area (Å²) in [5.41, 5.74) is 7.53. The minimum Gasteiger partial charge on any atom is -0.368 e. The zero-order valence-electron chi connectivity index (χ0n) is 14.9. The van der Waals surface area contributed by atoms with E-state index in [1.807, 2.05) is 17.5 Å². The number of nitrogens with two attached hydrogens (primary N) is 1. The van der Waals surface area contributed by atoms with E-state index in [0.717, 1.165) is 17.0 Å². The first-order valence-corrected chi connectivity index (χ1v) is 10.5. The third kappa shape index (κ3) is 3.42. The fourth-order valence-corrected chi connectivity index (χ4v) is 5.44. The van der Waals surface area contributed by atoms with Crippen molar-refractivity contribution in [2.45, 2.75) is 25.8 Å². The molecular weight excluding hydrogens is 380 g/mol. The Labute approximate surface area is 165 Å². The van der Waals surface area contributed by atoms with Crippen LogP contribution in [-0.2, 0) is 9.59 Å². The first-order chi connectivity index (χ1) is 13.0. The molecule has 0 unspecified atom stereocenters. The first-order valence-electron chi connectivity index (χ1n) is 8.81. The highest BCUT2D eigenvalue weighted by Crippen LogP contribution is 2.38. The van der Waals surface area contributed by atoms with Gasteiger partial charge in [0.2, 0.25) is 11.8 Å². The van der Waals surface area contributed by atoms with Gasteiger partial charge in [-0.3, -0.25) is 9.59 Å². The Bertz CT molecular complexity index is 1010. The maximum atomic E-state index is 12.4. The standard InChI is InChI=1S/C19H20N4O2S2/c1-11-12-5-2-3-7-15(12)27-17(11)13-10-26-19(22-13)21-9-16(24)23-8-4-6-14(23)18(20)25/h2-3,5,7,10,14H,4,6,8-9H2,1H3,(H2,20,25)(H,21,22)/t14-/m0/s1. The number of aromatic nitrogens is 1. The van der Waals surface area contributed by atoms with Crippen molar-refractivity contribution < 1.29 is 9.59 Å². The Morgan fingerprint density at radius 2 is 2.19 bits per heavy atom. The summed E-state index contributed by atoms with van der Waals surface area (Å²) in [6, 6.07) is 7.85. The monoisotopic (exact) mass is 400 g/mol. The molecule has 4 rings (SSSR count). The summed E-state index contributed by atoms with van der Waals surface area (Å²) in [4.78, 5) is 31.2. The number of aryl methyl sites for hydroxylation is 1. The number of hydrogen-bond acceptors (Lipinski definition) is 6. The lowest BCUT2D eigenvalue weighted by atomic mass is 10.1. The average molecular weight is 401 g/mol. The molecule has 6 nitrogen and oxygen atoms in total. The lowest BCUT2D eigenvalue weighted by molar-refractivity contribution is -0.135. The lowest BCUT2D eigenvalue weighted by Crippen LogP contribution is -2.45. The number of primary amides is 1. The van der Waals surface area contributed by atoms with Gasteiger partial charge in [-0.2, -0.15) is 0 Å². The fourth-order valence-electron chi connectivity index (χ4n) is 3.49. The number of fused-ring (bicyclic) bond motifs is 1. The number of thiophene rings is 1. The molecule has 0 bridgehead atoms. The Morgan fingerprint density at radius 3 is 2.96 bits per heavy atom. The molecule has 0 radical (unpaired) electrons. The van der Waals surface area contributed by atoms with Crippen LogP contribution in [0.15, 0.2) is 29.6 Å². The van der Waals surface area contributed by atoms with Crippen LogP contribution in [0.2, 0.25) is 0 Å². The molecule has 2 aromatic heterocycles. The molecular formula is C19H20N4O2S2. The van der Waals surface area contributed by atoms with Crippen LogP contribution >= 0.6 is 22.7 Å². The molecule has 8 heteroatoms. The van der Waals surface area contributed by atoms with Crippen LogP contribution in [0, 0.1) is 6.92 Å². The molecule has 1 atom stereocenters. The van der Waals surface area contributed by atoms with E-state index in [1.54, 1.807) is 16.2 Å². The van der Waals surface area contributed by atoms with Gasteiger partial charge in [-0.1, -0.05) is 18.2 Å². The fraction of sp³-hybridized carbons (Fsp3) is 0.316. The van der Waals surface area contributed by atoms with Crippen molar-refractivity contribution in [3.05, 3.63) is 35.2 Å². The van der Waals surface area contributed by atoms with Gasteiger partial charge in [-0.05, 0) is 36.8 Å². The van der Waals surface area contributed by atoms with Gasteiger partial charge in [-0.25, -0.2) is 4.98 Å². The SMILES string of the molecule is Cc1c(-c2csc(NCC(=O)N3CCC[C@H]3C(N)=O)n2)sc2ccccc12. The molecule has 3 aromatic rings. The summed E-state index contributed by atoms with van der Waals surface area (Å²) >= 11 is 3.21. The van der Waals surface area contributed by atoms with E-state index < -0.39 is 11.9 Å². The van der Waals surface area contributed by atoms with Crippen molar-refractivity contribution in [2.75, 3.05) is 18.4 Å². The van der Waals surface area contributed by atoms with Gasteiger partial charge in [-0.15, -0.1) is 22.7 Å². The summed E-state index contributed by atoms with van der Waals surface area (Å²) in [7, 11) is 0. The van der Waals surface area contributed by atoms with Crippen molar-refractivity contribution in [1.29, 1.82) is 0 Å². The third-order valence-electron chi connectivity index (χ3n) is 4.87. The Balaban J connectivity index is 1.46. The van der Waals surface area contributed by atoms with Crippen LogP contribution in [0.5, 0.6) is 0 Å². The van der Waals surface area contributed by atoms with Crippen molar-refractivity contribution in [2.24, 2.45) is 5.73 Å². The van der Waals surface area contributed by atoms with Gasteiger partial charge in [0.15, 0.2) is 5.13 Å². The number of nitrogens with zero attached hydrogens (tertiary/aromatic N) is 2. The number of likely N-dealkylation sites (tertiary alicyclic amines) is 1. The zero-order valence-corrected chi connectivity index (χ0v) is 16.5. The summed E-state index contributed by atoms with van der Waals surface area (Å²) < 4.78 is 1.24. The summed E-state index contributed by atoms with van der Waals surface area (Å²) in [5, 5.41) is 7.05. The predicted octanol–water partition coefficient (Wildman–Crippen LogP) is 3.22. The average Bonchev–Trinajstić information content (AvgIpc) is 3.38. The highest BCUT2D eigenvalue weighted by Gasteiger charge is 2.32. The van der Waals surface area contributed by atoms with Crippen molar-refractivity contribution >= 4 is 49.7 Å². The summed E-state index contributed by atoms with van der Waals surface area (Å²) in [6.07, 6.45) is 1.46. The quantitative estimate of drug-likeness (QED) is 0.688. The maximum Gasteiger partial charge on any atom is 0.242 e. The highest BCUT2D eigenvalue weighted by atomic mass is 32.1. The second kappa shape index (κ2) is 7.28. The largest absolute Gasteiger partial charge is 0.368 e. The highest BCUT2D eigenvalue weighted by molar-refractivity contribution is 7.23. The number of benzene rings is 1. The third-order valence-corrected chi connectivity index (χ3v) is 6.97. The summed E-state index contributed by atoms with van der Waals surface area (Å²) in [5.74, 6) is -0.552. The molecule has 1 aromatic carbocycles. The molecule has 1 saturated heterocycles. The second-order valence-electron chi connectivity index (χ2n) is 6.59. The second-order valence-corrected chi connectivity index (χ2v) is 8.50. The number of carbonyl (C=O) groups is 2. The molecule has 0 spiro atoms. The molecule has 2 amide bonds. The molecule has 1 aliphatic rings. The van der Waals surface area contributed by atoms with Crippen LogP contribution in [0.3, 0.4) is 0 Å². The van der Waals surface area contributed by atoms with Gasteiger partial charge in [0.1, 0.15) is 6.04 Å². The molecule has 1 fully saturated rings. The van der Waals surface area contributed by atoms with E-state index in [0.29, 0.717) is 18.1 Å². The topological polar surface area (TPSA) is 88.3 Å². The van der Waals surface area contributed by atoms with E-state index in [2.05, 4.69) is 29.4 Å². The van der Waals surface area contributed by atoms with E-state index in [1.165, 1.54) is 27.0 Å². The van der Waals surface area contributed by atoms with Gasteiger partial charge in [0.05, 0.1) is 17.1 Å². The number of anilines is 1. The summed E-state index contributed by atoms with van der Waals surface area (Å²) in [6.45, 7) is 2.81. The number of thiazole rings is 1. The van der Waals surface area contributed by atoms with Crippen LogP contribution in [-0.4, -0.2) is 40.8 Å². The van der Waals surface area contributed by atoms with Gasteiger partial charge in [0, 0.05) is 16.6 Å². The van der Waals surface area contributed by atoms with Crippen molar-refractivity contribution in [3.8, 4) is 10.6 Å². The Hall–Kier alpha value is -2.45. The van der Waals surface area contributed by atoms with E-state index >= 15 is 0 Å². The maximum absolute atomic E-state index is 12.4. The minimum atomic E-state index is -0.479. The van der Waals surface area contributed by atoms with Gasteiger partial charge in [0.25, 0.3) is 0 Å². The van der Waals surface area contributed by atoms with Crippen LogP contribution in [0.25, 0.3) is 20.7 Å². The molecule has 3 heterocycles. The Morgan fingerprint density at radius 1 is 1.37 bits per heavy atom. The Kier molecular flexibility index (Phi) is 4.84. The number of amides is 2. The van der Waals surface area contributed by atoms with Gasteiger partial charge < -0.3 is 16.0 Å². The van der Waals surface area contributed by atoms with Gasteiger partial charge >= 0.3 is 0 Å². The number of hydrogen-bond donors (Lipinski definition) is 2. The van der Waals surface area contributed by atoms with Crippen molar-refractivity contribution in [1.82, 2.24) is 9.88 Å². The van der Waals surface area contributed by atoms with Crippen LogP contribution in [0.1, 0.15) is 18.4 Å². The zero-order chi connectivity index (χ0) is 19.0. The first kappa shape index (κ1) is 17.9. The number of nitrogens with one attached hydrogen (secondary N) is 1. The normalized spacial score (nSPS) is 16.8. The van der Waals surface area contributed by atoms with Crippen LogP contribution in [0.4, 0.5) is 5.13 Å². The number of rotatable bonds is 5. The molecule has 0 saturated carbocycles. The van der Waals surface area contributed by atoms with E-state index in [9.17, 15) is 9.59 Å². The number of carbonyl (C=O) groups excluding carboxylic acids is 2.